The number of furan rings is 1. The Morgan fingerprint density at radius 3 is 2.83 bits per heavy atom. The fraction of sp³-hybridized carbons (Fsp3) is 0.320. The molecule has 0 unspecified atom stereocenters. The van der Waals surface area contributed by atoms with Gasteiger partial charge in [-0.2, -0.15) is 5.10 Å². The monoisotopic (exact) mass is 494 g/mol. The largest absolute Gasteiger partial charge is 0.496 e. The second kappa shape index (κ2) is 8.62. The van der Waals surface area contributed by atoms with Crippen LogP contribution in [0.3, 0.4) is 0 Å². The van der Waals surface area contributed by atoms with Crippen molar-refractivity contribution < 1.29 is 23.0 Å². The Labute approximate surface area is 204 Å². The van der Waals surface area contributed by atoms with Crippen molar-refractivity contribution in [2.45, 2.75) is 32.0 Å². The SMILES string of the molecule is COc1cc(OCc2cccc(C3(F)CCOCC3)n2)c2cc(-c3cn4nc(C)sc4n3)oc2c1. The Hall–Kier alpha value is -3.50. The first-order valence-corrected chi connectivity index (χ1v) is 12.1. The van der Waals surface area contributed by atoms with E-state index in [9.17, 15) is 0 Å². The third-order valence-electron chi connectivity index (χ3n) is 6.13. The van der Waals surface area contributed by atoms with E-state index in [0.29, 0.717) is 66.0 Å². The molecule has 180 valence electrons. The van der Waals surface area contributed by atoms with Gasteiger partial charge in [-0.05, 0) is 25.1 Å². The van der Waals surface area contributed by atoms with E-state index < -0.39 is 5.67 Å². The maximum Gasteiger partial charge on any atom is 0.212 e. The van der Waals surface area contributed by atoms with Gasteiger partial charge < -0.3 is 18.6 Å². The molecule has 10 heteroatoms. The van der Waals surface area contributed by atoms with Gasteiger partial charge in [-0.15, -0.1) is 0 Å². The molecule has 0 atom stereocenters. The third kappa shape index (κ3) is 4.12. The smallest absolute Gasteiger partial charge is 0.212 e. The molecule has 1 aliphatic rings. The van der Waals surface area contributed by atoms with Crippen molar-refractivity contribution in [1.29, 1.82) is 0 Å². The average Bonchev–Trinajstić information content (AvgIpc) is 3.55. The number of aromatic nitrogens is 4. The number of aryl methyl sites for hydroxylation is 1. The van der Waals surface area contributed by atoms with Crippen molar-refractivity contribution in [2.24, 2.45) is 0 Å². The number of alkyl halides is 1. The van der Waals surface area contributed by atoms with Gasteiger partial charge in [0.15, 0.2) is 11.4 Å². The van der Waals surface area contributed by atoms with Crippen LogP contribution in [-0.4, -0.2) is 39.9 Å². The summed E-state index contributed by atoms with van der Waals surface area (Å²) < 4.78 is 40.1. The molecule has 6 rings (SSSR count). The Bertz CT molecular complexity index is 1490. The van der Waals surface area contributed by atoms with Crippen LogP contribution in [0.4, 0.5) is 4.39 Å². The van der Waals surface area contributed by atoms with Crippen molar-refractivity contribution in [1.82, 2.24) is 19.6 Å². The molecule has 5 aromatic rings. The van der Waals surface area contributed by atoms with E-state index in [4.69, 9.17) is 18.6 Å². The average molecular weight is 495 g/mol. The maximum absolute atomic E-state index is 15.4. The molecule has 0 saturated carbocycles. The molecular weight excluding hydrogens is 471 g/mol. The number of ether oxygens (including phenoxy) is 3. The zero-order valence-corrected chi connectivity index (χ0v) is 20.1. The van der Waals surface area contributed by atoms with Gasteiger partial charge in [0, 0.05) is 25.0 Å². The quantitative estimate of drug-likeness (QED) is 0.309. The first kappa shape index (κ1) is 22.0. The van der Waals surface area contributed by atoms with Crippen molar-refractivity contribution in [3.8, 4) is 23.0 Å². The standard InChI is InChI=1S/C25H23FN4O4S/c1-15-29-30-13-19(28-24(30)35-15)22-12-18-20(10-17(31-2)11-21(18)34-22)33-14-16-4-3-5-23(27-16)25(26)6-8-32-9-7-25/h3-5,10-13H,6-9,14H2,1-2H3. The number of pyridine rings is 1. The summed E-state index contributed by atoms with van der Waals surface area (Å²) in [4.78, 5) is 9.98. The first-order valence-electron chi connectivity index (χ1n) is 11.3. The minimum absolute atomic E-state index is 0.173. The zero-order chi connectivity index (χ0) is 24.0. The van der Waals surface area contributed by atoms with Crippen LogP contribution >= 0.6 is 11.3 Å². The Morgan fingerprint density at radius 2 is 2.03 bits per heavy atom. The predicted molar refractivity (Wildman–Crippen MR) is 129 cm³/mol. The number of nitrogens with zero attached hydrogens (tertiary/aromatic N) is 4. The lowest BCUT2D eigenvalue weighted by atomic mass is 9.92. The van der Waals surface area contributed by atoms with Crippen LogP contribution < -0.4 is 9.47 Å². The number of hydrogen-bond acceptors (Lipinski definition) is 8. The molecule has 0 spiro atoms. The third-order valence-corrected chi connectivity index (χ3v) is 6.97. The molecule has 1 aromatic carbocycles. The number of fused-ring (bicyclic) bond motifs is 2. The molecule has 0 N–H and O–H groups in total. The molecule has 0 radical (unpaired) electrons. The zero-order valence-electron chi connectivity index (χ0n) is 19.3. The molecule has 0 amide bonds. The van der Waals surface area contributed by atoms with E-state index in [2.05, 4.69) is 15.1 Å². The fourth-order valence-electron chi connectivity index (χ4n) is 4.28. The topological polar surface area (TPSA) is 83.9 Å². The van der Waals surface area contributed by atoms with Crippen LogP contribution in [-0.2, 0) is 17.0 Å². The summed E-state index contributed by atoms with van der Waals surface area (Å²) in [6.45, 7) is 2.91. The van der Waals surface area contributed by atoms with Crippen LogP contribution in [0.15, 0.2) is 47.0 Å². The summed E-state index contributed by atoms with van der Waals surface area (Å²) >= 11 is 1.51. The van der Waals surface area contributed by atoms with Gasteiger partial charge in [0.05, 0.1) is 43.3 Å². The van der Waals surface area contributed by atoms with Crippen LogP contribution in [0.25, 0.3) is 27.4 Å². The highest BCUT2D eigenvalue weighted by molar-refractivity contribution is 7.16. The number of hydrogen-bond donors (Lipinski definition) is 0. The summed E-state index contributed by atoms with van der Waals surface area (Å²) in [5.41, 5.74) is 0.890. The Kier molecular flexibility index (Phi) is 5.42. The van der Waals surface area contributed by atoms with E-state index in [0.717, 1.165) is 15.4 Å². The van der Waals surface area contributed by atoms with E-state index in [1.165, 1.54) is 11.3 Å². The highest BCUT2D eigenvalue weighted by Gasteiger charge is 2.35. The van der Waals surface area contributed by atoms with Crippen molar-refractivity contribution in [3.05, 3.63) is 59.0 Å². The van der Waals surface area contributed by atoms with Gasteiger partial charge >= 0.3 is 0 Å². The highest BCUT2D eigenvalue weighted by atomic mass is 32.1. The van der Waals surface area contributed by atoms with E-state index in [-0.39, 0.29) is 6.61 Å². The lowest BCUT2D eigenvalue weighted by Gasteiger charge is -2.29. The fourth-order valence-corrected chi connectivity index (χ4v) is 5.00. The van der Waals surface area contributed by atoms with Gasteiger partial charge in [0.25, 0.3) is 0 Å². The summed E-state index contributed by atoms with van der Waals surface area (Å²) in [7, 11) is 1.59. The molecule has 4 aromatic heterocycles. The highest BCUT2D eigenvalue weighted by Crippen LogP contribution is 2.38. The van der Waals surface area contributed by atoms with E-state index >= 15 is 4.39 Å². The van der Waals surface area contributed by atoms with E-state index in [1.54, 1.807) is 23.8 Å². The molecule has 0 bridgehead atoms. The normalized spacial score (nSPS) is 15.6. The molecule has 8 nitrogen and oxygen atoms in total. The van der Waals surface area contributed by atoms with Gasteiger partial charge in [0.1, 0.15) is 34.4 Å². The van der Waals surface area contributed by atoms with Gasteiger partial charge in [0.2, 0.25) is 4.96 Å². The molecule has 35 heavy (non-hydrogen) atoms. The van der Waals surface area contributed by atoms with Crippen LogP contribution in [0.2, 0.25) is 0 Å². The van der Waals surface area contributed by atoms with E-state index in [1.807, 2.05) is 37.4 Å². The molecule has 0 aliphatic carbocycles. The minimum atomic E-state index is -1.47. The molecule has 1 fully saturated rings. The maximum atomic E-state index is 15.4. The summed E-state index contributed by atoms with van der Waals surface area (Å²) in [6, 6.07) is 10.9. The Balaban J connectivity index is 1.30. The molecule has 5 heterocycles. The Morgan fingerprint density at radius 1 is 1.17 bits per heavy atom. The number of benzene rings is 1. The van der Waals surface area contributed by atoms with Crippen molar-refractivity contribution in [2.75, 3.05) is 20.3 Å². The van der Waals surface area contributed by atoms with Gasteiger partial charge in [-0.1, -0.05) is 17.4 Å². The minimum Gasteiger partial charge on any atom is -0.496 e. The number of rotatable bonds is 6. The second-order valence-electron chi connectivity index (χ2n) is 8.50. The summed E-state index contributed by atoms with van der Waals surface area (Å²) in [6.07, 6.45) is 2.45. The summed E-state index contributed by atoms with van der Waals surface area (Å²) in [5.74, 6) is 1.79. The van der Waals surface area contributed by atoms with Gasteiger partial charge in [-0.25, -0.2) is 13.9 Å². The van der Waals surface area contributed by atoms with Gasteiger partial charge in [-0.3, -0.25) is 4.98 Å². The van der Waals surface area contributed by atoms with Crippen molar-refractivity contribution in [3.63, 3.8) is 0 Å². The number of imidazole rings is 1. The van der Waals surface area contributed by atoms with Crippen LogP contribution in [0.5, 0.6) is 11.5 Å². The van der Waals surface area contributed by atoms with Crippen LogP contribution in [0, 0.1) is 6.92 Å². The molecule has 1 aliphatic heterocycles. The number of methoxy groups -OCH3 is 1. The lowest BCUT2D eigenvalue weighted by Crippen LogP contribution is -2.30. The second-order valence-corrected chi connectivity index (χ2v) is 9.66. The lowest BCUT2D eigenvalue weighted by molar-refractivity contribution is -0.0140. The van der Waals surface area contributed by atoms with Crippen LogP contribution in [0.1, 0.15) is 29.2 Å². The first-order chi connectivity index (χ1) is 17.0. The summed E-state index contributed by atoms with van der Waals surface area (Å²) in [5, 5.41) is 6.14. The molecule has 1 saturated heterocycles. The predicted octanol–water partition coefficient (Wildman–Crippen LogP) is 5.47. The van der Waals surface area contributed by atoms with Crippen molar-refractivity contribution >= 4 is 27.3 Å². The number of halogens is 1. The molecular formula is C25H23FN4O4S.